The minimum atomic E-state index is -0.337. The predicted molar refractivity (Wildman–Crippen MR) is 81.4 cm³/mol. The Labute approximate surface area is 124 Å². The van der Waals surface area contributed by atoms with Crippen molar-refractivity contribution in [3.05, 3.63) is 59.4 Å². The van der Waals surface area contributed by atoms with Gasteiger partial charge in [0.25, 0.3) is 0 Å². The van der Waals surface area contributed by atoms with Crippen molar-refractivity contribution in [3.8, 4) is 11.5 Å². The first-order valence-electron chi connectivity index (χ1n) is 6.97. The molecule has 21 heavy (non-hydrogen) atoms. The van der Waals surface area contributed by atoms with Crippen molar-refractivity contribution in [2.45, 2.75) is 12.8 Å². The summed E-state index contributed by atoms with van der Waals surface area (Å²) in [6, 6.07) is 12.7. The zero-order chi connectivity index (χ0) is 15.1. The Morgan fingerprint density at radius 1 is 1.00 bits per heavy atom. The molecule has 0 aliphatic rings. The van der Waals surface area contributed by atoms with Crippen molar-refractivity contribution in [2.24, 2.45) is 5.73 Å². The molecule has 3 nitrogen and oxygen atoms in total. The normalized spacial score (nSPS) is 10.4. The van der Waals surface area contributed by atoms with E-state index in [-0.39, 0.29) is 11.6 Å². The molecule has 0 unspecified atom stereocenters. The largest absolute Gasteiger partial charge is 0.497 e. The molecule has 112 valence electrons. The van der Waals surface area contributed by atoms with Crippen LogP contribution in [0.15, 0.2) is 42.5 Å². The van der Waals surface area contributed by atoms with Crippen LogP contribution < -0.4 is 15.2 Å². The van der Waals surface area contributed by atoms with Gasteiger partial charge in [0.15, 0.2) is 11.6 Å². The third kappa shape index (κ3) is 4.46. The van der Waals surface area contributed by atoms with Gasteiger partial charge in [0.1, 0.15) is 5.75 Å². The summed E-state index contributed by atoms with van der Waals surface area (Å²) in [5, 5.41) is 0. The van der Waals surface area contributed by atoms with E-state index in [0.29, 0.717) is 26.0 Å². The van der Waals surface area contributed by atoms with Gasteiger partial charge in [0.05, 0.1) is 13.7 Å². The van der Waals surface area contributed by atoms with Gasteiger partial charge in [0, 0.05) is 6.42 Å². The average molecular weight is 289 g/mol. The highest BCUT2D eigenvalue weighted by Crippen LogP contribution is 2.19. The number of hydrogen-bond acceptors (Lipinski definition) is 3. The molecule has 0 saturated heterocycles. The molecule has 2 aromatic rings. The Morgan fingerprint density at radius 2 is 1.71 bits per heavy atom. The molecular weight excluding hydrogens is 269 g/mol. The van der Waals surface area contributed by atoms with E-state index in [2.05, 4.69) is 0 Å². The molecule has 2 aromatic carbocycles. The average Bonchev–Trinajstić information content (AvgIpc) is 2.50. The minimum absolute atomic E-state index is 0.282. The number of ether oxygens (including phenoxy) is 2. The Hall–Kier alpha value is -2.07. The zero-order valence-electron chi connectivity index (χ0n) is 12.1. The maximum absolute atomic E-state index is 13.8. The highest BCUT2D eigenvalue weighted by molar-refractivity contribution is 5.30. The Morgan fingerprint density at radius 3 is 2.33 bits per heavy atom. The zero-order valence-corrected chi connectivity index (χ0v) is 12.1. The quantitative estimate of drug-likeness (QED) is 0.852. The molecule has 0 aliphatic carbocycles. The summed E-state index contributed by atoms with van der Waals surface area (Å²) in [5.74, 6) is 0.765. The molecule has 0 heterocycles. The molecule has 0 aromatic heterocycles. The summed E-state index contributed by atoms with van der Waals surface area (Å²) in [6.45, 7) is 0.941. The van der Waals surface area contributed by atoms with Crippen LogP contribution in [0.2, 0.25) is 0 Å². The second kappa shape index (κ2) is 7.64. The lowest BCUT2D eigenvalue weighted by molar-refractivity contribution is 0.305. The molecular formula is C17H20FNO2. The van der Waals surface area contributed by atoms with Gasteiger partial charge in [-0.25, -0.2) is 4.39 Å². The van der Waals surface area contributed by atoms with Crippen molar-refractivity contribution in [2.75, 3.05) is 20.3 Å². The van der Waals surface area contributed by atoms with E-state index in [1.165, 1.54) is 6.07 Å². The Balaban J connectivity index is 1.87. The van der Waals surface area contributed by atoms with Crippen LogP contribution in [0.3, 0.4) is 0 Å². The number of benzene rings is 2. The van der Waals surface area contributed by atoms with Gasteiger partial charge in [-0.1, -0.05) is 18.2 Å². The maximum Gasteiger partial charge on any atom is 0.165 e. The smallest absolute Gasteiger partial charge is 0.165 e. The molecule has 0 spiro atoms. The van der Waals surface area contributed by atoms with Crippen LogP contribution in [-0.4, -0.2) is 20.3 Å². The Bertz CT molecular complexity index is 570. The molecule has 0 bridgehead atoms. The fourth-order valence-corrected chi connectivity index (χ4v) is 2.05. The van der Waals surface area contributed by atoms with Crippen molar-refractivity contribution in [1.29, 1.82) is 0 Å². The van der Waals surface area contributed by atoms with E-state index < -0.39 is 0 Å². The fourth-order valence-electron chi connectivity index (χ4n) is 2.05. The monoisotopic (exact) mass is 289 g/mol. The molecule has 0 saturated carbocycles. The first-order valence-corrected chi connectivity index (χ1v) is 6.97. The van der Waals surface area contributed by atoms with Crippen LogP contribution in [0, 0.1) is 5.82 Å². The van der Waals surface area contributed by atoms with Crippen LogP contribution in [0.1, 0.15) is 11.1 Å². The lowest BCUT2D eigenvalue weighted by Crippen LogP contribution is -2.05. The van der Waals surface area contributed by atoms with E-state index in [1.54, 1.807) is 13.2 Å². The van der Waals surface area contributed by atoms with Gasteiger partial charge < -0.3 is 15.2 Å². The highest BCUT2D eigenvalue weighted by Gasteiger charge is 2.05. The first kappa shape index (κ1) is 15.3. The number of rotatable bonds is 7. The third-order valence-corrected chi connectivity index (χ3v) is 3.24. The van der Waals surface area contributed by atoms with Crippen LogP contribution in [0.4, 0.5) is 4.39 Å². The fraction of sp³-hybridized carbons (Fsp3) is 0.294. The van der Waals surface area contributed by atoms with Crippen molar-refractivity contribution in [1.82, 2.24) is 0 Å². The van der Waals surface area contributed by atoms with Crippen molar-refractivity contribution >= 4 is 0 Å². The van der Waals surface area contributed by atoms with E-state index in [9.17, 15) is 4.39 Å². The summed E-state index contributed by atoms with van der Waals surface area (Å²) in [6.07, 6.45) is 1.39. The van der Waals surface area contributed by atoms with Crippen molar-refractivity contribution in [3.63, 3.8) is 0 Å². The van der Waals surface area contributed by atoms with Gasteiger partial charge in [-0.15, -0.1) is 0 Å². The third-order valence-electron chi connectivity index (χ3n) is 3.24. The number of nitrogens with two attached hydrogens (primary N) is 1. The van der Waals surface area contributed by atoms with Crippen molar-refractivity contribution < 1.29 is 13.9 Å². The molecule has 0 fully saturated rings. The molecule has 0 atom stereocenters. The number of methoxy groups -OCH3 is 1. The lowest BCUT2D eigenvalue weighted by atomic mass is 10.1. The van der Waals surface area contributed by atoms with Crippen LogP contribution >= 0.6 is 0 Å². The SMILES string of the molecule is COc1ccc(CCOc2ccc(CCN)cc2F)cc1. The van der Waals surface area contributed by atoms with E-state index in [0.717, 1.165) is 16.9 Å². The Kier molecular flexibility index (Phi) is 5.58. The van der Waals surface area contributed by atoms with Gasteiger partial charge >= 0.3 is 0 Å². The molecule has 4 heteroatoms. The first-order chi connectivity index (χ1) is 10.2. The standard InChI is InChI=1S/C17H20FNO2/c1-20-15-5-2-13(3-6-15)9-11-21-17-7-4-14(8-10-19)12-16(17)18/h2-7,12H,8-11,19H2,1H3. The topological polar surface area (TPSA) is 44.5 Å². The number of halogens is 1. The second-order valence-corrected chi connectivity index (χ2v) is 4.75. The summed E-state index contributed by atoms with van der Waals surface area (Å²) < 4.78 is 24.4. The van der Waals surface area contributed by atoms with Gasteiger partial charge in [-0.2, -0.15) is 0 Å². The summed E-state index contributed by atoms with van der Waals surface area (Å²) in [7, 11) is 1.63. The predicted octanol–water partition coefficient (Wildman–Crippen LogP) is 2.96. The molecule has 0 radical (unpaired) electrons. The van der Waals surface area contributed by atoms with Gasteiger partial charge in [0.2, 0.25) is 0 Å². The van der Waals surface area contributed by atoms with Crippen LogP contribution in [-0.2, 0) is 12.8 Å². The maximum atomic E-state index is 13.8. The summed E-state index contributed by atoms with van der Waals surface area (Å²) >= 11 is 0. The van der Waals surface area contributed by atoms with Gasteiger partial charge in [-0.3, -0.25) is 0 Å². The van der Waals surface area contributed by atoms with Crippen LogP contribution in [0.5, 0.6) is 11.5 Å². The van der Waals surface area contributed by atoms with Crippen LogP contribution in [0.25, 0.3) is 0 Å². The molecule has 2 rings (SSSR count). The number of hydrogen-bond donors (Lipinski definition) is 1. The second-order valence-electron chi connectivity index (χ2n) is 4.75. The lowest BCUT2D eigenvalue weighted by Gasteiger charge is -2.09. The van der Waals surface area contributed by atoms with E-state index in [4.69, 9.17) is 15.2 Å². The summed E-state index contributed by atoms with van der Waals surface area (Å²) in [5.41, 5.74) is 7.46. The van der Waals surface area contributed by atoms with E-state index >= 15 is 0 Å². The van der Waals surface area contributed by atoms with Gasteiger partial charge in [-0.05, 0) is 48.4 Å². The molecule has 0 amide bonds. The molecule has 2 N–H and O–H groups in total. The van der Waals surface area contributed by atoms with E-state index in [1.807, 2.05) is 30.3 Å². The highest BCUT2D eigenvalue weighted by atomic mass is 19.1. The molecule has 0 aliphatic heterocycles. The minimum Gasteiger partial charge on any atom is -0.497 e. The summed E-state index contributed by atoms with van der Waals surface area (Å²) in [4.78, 5) is 0.